The number of hydrogen-bond donors (Lipinski definition) is 0. The minimum atomic E-state index is -0.0962. The summed E-state index contributed by atoms with van der Waals surface area (Å²) >= 11 is 0. The molecule has 2 nitrogen and oxygen atoms in total. The molecule has 0 heterocycles. The van der Waals surface area contributed by atoms with Gasteiger partial charge >= 0.3 is 0 Å². The number of benzene rings is 5. The predicted octanol–water partition coefficient (Wildman–Crippen LogP) is 9.00. The molecule has 0 aliphatic heterocycles. The van der Waals surface area contributed by atoms with E-state index in [0.717, 1.165) is 28.2 Å². The summed E-state index contributed by atoms with van der Waals surface area (Å²) in [7, 11) is 0. The van der Waals surface area contributed by atoms with E-state index in [4.69, 9.17) is 0 Å². The Morgan fingerprint density at radius 2 is 1.25 bits per heavy atom. The zero-order valence-corrected chi connectivity index (χ0v) is 20.4. The molecular weight excluding hydrogens is 436 g/mol. The maximum absolute atomic E-state index is 9.64. The van der Waals surface area contributed by atoms with Crippen LogP contribution in [0, 0.1) is 11.3 Å². The summed E-state index contributed by atoms with van der Waals surface area (Å²) in [5.41, 5.74) is 11.2. The van der Waals surface area contributed by atoms with E-state index in [1.54, 1.807) is 0 Å². The normalized spacial score (nSPS) is 12.9. The monoisotopic (exact) mass is 462 g/mol. The lowest BCUT2D eigenvalue weighted by molar-refractivity contribution is 0.660. The standard InChI is InChI=1S/C34H26N2/c1-34(2)31-17-8-6-16-29(31)30-20-19-27(22-32(30)34)36(26-14-10-11-24(21-26)23-35)33-18-9-7-15-28(33)25-12-4-3-5-13-25/h3-22H,1-2H3. The number of fused-ring (bicyclic) bond motifs is 3. The Bertz CT molecular complexity index is 1620. The molecule has 0 unspecified atom stereocenters. The molecule has 0 atom stereocenters. The third kappa shape index (κ3) is 3.49. The van der Waals surface area contributed by atoms with Gasteiger partial charge in [0.25, 0.3) is 0 Å². The van der Waals surface area contributed by atoms with Gasteiger partial charge in [0.15, 0.2) is 0 Å². The van der Waals surface area contributed by atoms with Crippen molar-refractivity contribution in [2.24, 2.45) is 0 Å². The van der Waals surface area contributed by atoms with E-state index in [9.17, 15) is 5.26 Å². The first-order chi connectivity index (χ1) is 17.6. The Morgan fingerprint density at radius 1 is 0.583 bits per heavy atom. The van der Waals surface area contributed by atoms with Crippen molar-refractivity contribution in [2.45, 2.75) is 19.3 Å². The molecule has 2 heteroatoms. The van der Waals surface area contributed by atoms with Gasteiger partial charge in [-0.3, -0.25) is 0 Å². The van der Waals surface area contributed by atoms with Gasteiger partial charge in [0.2, 0.25) is 0 Å². The number of rotatable bonds is 4. The average Bonchev–Trinajstić information content (AvgIpc) is 3.16. The second-order valence-electron chi connectivity index (χ2n) is 9.78. The lowest BCUT2D eigenvalue weighted by atomic mass is 9.82. The van der Waals surface area contributed by atoms with Crippen LogP contribution in [0.15, 0.2) is 121 Å². The van der Waals surface area contributed by atoms with Crippen LogP contribution in [0.5, 0.6) is 0 Å². The molecule has 1 aliphatic carbocycles. The van der Waals surface area contributed by atoms with Crippen molar-refractivity contribution >= 4 is 17.1 Å². The van der Waals surface area contributed by atoms with E-state index in [2.05, 4.69) is 122 Å². The molecule has 0 saturated heterocycles. The van der Waals surface area contributed by atoms with Gasteiger partial charge in [-0.05, 0) is 64.2 Å². The SMILES string of the molecule is CC1(C)c2ccccc2-c2ccc(N(c3cccc(C#N)c3)c3ccccc3-c3ccccc3)cc21. The topological polar surface area (TPSA) is 27.0 Å². The van der Waals surface area contributed by atoms with Gasteiger partial charge in [-0.2, -0.15) is 5.26 Å². The van der Waals surface area contributed by atoms with E-state index in [-0.39, 0.29) is 5.41 Å². The lowest BCUT2D eigenvalue weighted by Crippen LogP contribution is -2.17. The molecule has 5 aromatic carbocycles. The fourth-order valence-electron chi connectivity index (χ4n) is 5.50. The fourth-order valence-corrected chi connectivity index (χ4v) is 5.50. The number of anilines is 3. The first-order valence-corrected chi connectivity index (χ1v) is 12.3. The van der Waals surface area contributed by atoms with Crippen LogP contribution < -0.4 is 4.90 Å². The molecule has 0 fully saturated rings. The first kappa shape index (κ1) is 21.9. The highest BCUT2D eigenvalue weighted by Crippen LogP contribution is 2.51. The van der Waals surface area contributed by atoms with Crippen molar-refractivity contribution in [1.82, 2.24) is 0 Å². The summed E-state index contributed by atoms with van der Waals surface area (Å²) in [6.07, 6.45) is 0. The van der Waals surface area contributed by atoms with Crippen LogP contribution in [0.4, 0.5) is 17.1 Å². The minimum Gasteiger partial charge on any atom is -0.310 e. The summed E-state index contributed by atoms with van der Waals surface area (Å²) in [4.78, 5) is 2.28. The molecule has 5 aromatic rings. The van der Waals surface area contributed by atoms with Crippen LogP contribution in [-0.2, 0) is 5.41 Å². The summed E-state index contributed by atoms with van der Waals surface area (Å²) in [6.45, 7) is 4.61. The molecule has 36 heavy (non-hydrogen) atoms. The average molecular weight is 463 g/mol. The Morgan fingerprint density at radius 3 is 2.06 bits per heavy atom. The molecule has 0 N–H and O–H groups in total. The summed E-state index contributed by atoms with van der Waals surface area (Å²) in [5, 5.41) is 9.64. The highest BCUT2D eigenvalue weighted by molar-refractivity contribution is 5.90. The highest BCUT2D eigenvalue weighted by atomic mass is 15.1. The van der Waals surface area contributed by atoms with Gasteiger partial charge < -0.3 is 4.90 Å². The second kappa shape index (κ2) is 8.56. The van der Waals surface area contributed by atoms with Crippen molar-refractivity contribution in [3.05, 3.63) is 138 Å². The molecule has 0 bridgehead atoms. The zero-order valence-electron chi connectivity index (χ0n) is 20.4. The van der Waals surface area contributed by atoms with Crippen molar-refractivity contribution in [1.29, 1.82) is 5.26 Å². The molecule has 1 aliphatic rings. The Hall–Kier alpha value is -4.61. The fraction of sp³-hybridized carbons (Fsp3) is 0.0882. The number of para-hydroxylation sites is 1. The molecule has 0 amide bonds. The zero-order chi connectivity index (χ0) is 24.7. The molecule has 172 valence electrons. The van der Waals surface area contributed by atoms with Crippen LogP contribution in [0.2, 0.25) is 0 Å². The summed E-state index contributed by atoms with van der Waals surface area (Å²) in [6, 6.07) is 44.6. The maximum Gasteiger partial charge on any atom is 0.0992 e. The number of nitriles is 1. The summed E-state index contributed by atoms with van der Waals surface area (Å²) in [5.74, 6) is 0. The first-order valence-electron chi connectivity index (χ1n) is 12.3. The smallest absolute Gasteiger partial charge is 0.0992 e. The van der Waals surface area contributed by atoms with Gasteiger partial charge in [-0.25, -0.2) is 0 Å². The molecule has 0 radical (unpaired) electrons. The molecule has 0 saturated carbocycles. The van der Waals surface area contributed by atoms with Crippen LogP contribution in [0.25, 0.3) is 22.3 Å². The lowest BCUT2D eigenvalue weighted by Gasteiger charge is -2.30. The van der Waals surface area contributed by atoms with E-state index in [1.807, 2.05) is 24.3 Å². The Kier molecular flexibility index (Phi) is 5.20. The quantitative estimate of drug-likeness (QED) is 0.266. The molecule has 0 spiro atoms. The van der Waals surface area contributed by atoms with Gasteiger partial charge in [-0.1, -0.05) is 98.8 Å². The van der Waals surface area contributed by atoms with E-state index in [0.29, 0.717) is 5.56 Å². The van der Waals surface area contributed by atoms with E-state index in [1.165, 1.54) is 22.3 Å². The molecule has 0 aromatic heterocycles. The predicted molar refractivity (Wildman–Crippen MR) is 149 cm³/mol. The van der Waals surface area contributed by atoms with Crippen molar-refractivity contribution < 1.29 is 0 Å². The third-order valence-corrected chi connectivity index (χ3v) is 7.29. The Balaban J connectivity index is 1.59. The third-order valence-electron chi connectivity index (χ3n) is 7.29. The Labute approximate surface area is 212 Å². The summed E-state index contributed by atoms with van der Waals surface area (Å²) < 4.78 is 0. The van der Waals surface area contributed by atoms with Gasteiger partial charge in [0, 0.05) is 22.4 Å². The van der Waals surface area contributed by atoms with E-state index < -0.39 is 0 Å². The van der Waals surface area contributed by atoms with E-state index >= 15 is 0 Å². The molecular formula is C34H26N2. The van der Waals surface area contributed by atoms with Crippen LogP contribution in [0.3, 0.4) is 0 Å². The van der Waals surface area contributed by atoms with Gasteiger partial charge in [-0.15, -0.1) is 0 Å². The van der Waals surface area contributed by atoms with Crippen molar-refractivity contribution in [2.75, 3.05) is 4.90 Å². The maximum atomic E-state index is 9.64. The number of hydrogen-bond acceptors (Lipinski definition) is 2. The van der Waals surface area contributed by atoms with Crippen molar-refractivity contribution in [3.8, 4) is 28.3 Å². The van der Waals surface area contributed by atoms with Crippen LogP contribution in [0.1, 0.15) is 30.5 Å². The van der Waals surface area contributed by atoms with Crippen LogP contribution in [-0.4, -0.2) is 0 Å². The number of nitrogens with zero attached hydrogens (tertiary/aromatic N) is 2. The minimum absolute atomic E-state index is 0.0962. The largest absolute Gasteiger partial charge is 0.310 e. The van der Waals surface area contributed by atoms with Gasteiger partial charge in [0.1, 0.15) is 0 Å². The highest BCUT2D eigenvalue weighted by Gasteiger charge is 2.35. The van der Waals surface area contributed by atoms with Crippen LogP contribution >= 0.6 is 0 Å². The van der Waals surface area contributed by atoms with Crippen molar-refractivity contribution in [3.63, 3.8) is 0 Å². The van der Waals surface area contributed by atoms with Gasteiger partial charge in [0.05, 0.1) is 17.3 Å². The second-order valence-corrected chi connectivity index (χ2v) is 9.78. The molecule has 6 rings (SSSR count).